The van der Waals surface area contributed by atoms with Crippen LogP contribution >= 0.6 is 15.9 Å². The Labute approximate surface area is 209 Å². The van der Waals surface area contributed by atoms with Gasteiger partial charge in [-0.3, -0.25) is 0 Å². The highest BCUT2D eigenvalue weighted by molar-refractivity contribution is 9.10. The quantitative estimate of drug-likeness (QED) is 0.265. The van der Waals surface area contributed by atoms with Crippen molar-refractivity contribution in [2.24, 2.45) is 0 Å². The van der Waals surface area contributed by atoms with Gasteiger partial charge in [0.15, 0.2) is 8.32 Å². The molecule has 0 spiro atoms. The van der Waals surface area contributed by atoms with Gasteiger partial charge in [-0.25, -0.2) is 9.97 Å². The predicted molar refractivity (Wildman–Crippen MR) is 143 cm³/mol. The van der Waals surface area contributed by atoms with Crippen molar-refractivity contribution in [1.82, 2.24) is 9.97 Å². The van der Waals surface area contributed by atoms with Crippen molar-refractivity contribution in [3.63, 3.8) is 0 Å². The molecule has 2 rings (SSSR count). The lowest BCUT2D eigenvalue weighted by Gasteiger charge is -2.37. The zero-order valence-corrected chi connectivity index (χ0v) is 24.4. The lowest BCUT2D eigenvalue weighted by molar-refractivity contribution is 0.155. The highest BCUT2D eigenvalue weighted by atomic mass is 79.9. The number of pyridine rings is 2. The third-order valence-corrected chi connectivity index (χ3v) is 11.4. The molecule has 0 radical (unpaired) electrons. The molecule has 1 atom stereocenters. The van der Waals surface area contributed by atoms with Gasteiger partial charge in [-0.2, -0.15) is 0 Å². The van der Waals surface area contributed by atoms with Crippen molar-refractivity contribution in [3.05, 3.63) is 34.1 Å². The first-order chi connectivity index (χ1) is 15.3. The largest absolute Gasteiger partial charge is 0.480 e. The van der Waals surface area contributed by atoms with E-state index in [4.69, 9.17) is 18.9 Å². The van der Waals surface area contributed by atoms with Crippen molar-refractivity contribution in [2.45, 2.75) is 71.6 Å². The van der Waals surface area contributed by atoms with E-state index in [9.17, 15) is 0 Å². The summed E-state index contributed by atoms with van der Waals surface area (Å²) in [6.07, 6.45) is 0. The molecule has 0 bridgehead atoms. The van der Waals surface area contributed by atoms with Crippen LogP contribution in [0.15, 0.2) is 22.8 Å². The van der Waals surface area contributed by atoms with Crippen LogP contribution < -0.4 is 10.1 Å². The number of rotatable bonds is 10. The van der Waals surface area contributed by atoms with Crippen molar-refractivity contribution >= 4 is 29.9 Å². The highest BCUT2D eigenvalue weighted by Crippen LogP contribution is 2.37. The van der Waals surface area contributed by atoms with E-state index in [-0.39, 0.29) is 11.1 Å². The molecule has 6 nitrogen and oxygen atoms in total. The minimum atomic E-state index is -1.86. The standard InChI is InChI=1S/C25H40BrN3O3Si/c1-16(2)20-12-11-19(24(28-20)31-8)22-17(3)13-21(23(26)29-22)27-18(14-30-7)15-32-33(9,10)25(4,5)6/h11-13,16,18,27H,14-15H2,1-10H3/t18-/m0/s1. The summed E-state index contributed by atoms with van der Waals surface area (Å²) in [7, 11) is 1.50. The molecule has 0 fully saturated rings. The van der Waals surface area contributed by atoms with Gasteiger partial charge in [0.05, 0.1) is 43.3 Å². The fraction of sp³-hybridized carbons (Fsp3) is 0.600. The lowest BCUT2D eigenvalue weighted by atomic mass is 10.0. The second-order valence-corrected chi connectivity index (χ2v) is 15.9. The molecule has 0 aliphatic carbocycles. The normalized spacial score (nSPS) is 13.3. The summed E-state index contributed by atoms with van der Waals surface area (Å²) in [6, 6.07) is 6.18. The van der Waals surface area contributed by atoms with Gasteiger partial charge in [-0.15, -0.1) is 0 Å². The highest BCUT2D eigenvalue weighted by Gasteiger charge is 2.37. The summed E-state index contributed by atoms with van der Waals surface area (Å²) in [5.41, 5.74) is 4.64. The van der Waals surface area contributed by atoms with Crippen LogP contribution in [0.4, 0.5) is 5.69 Å². The van der Waals surface area contributed by atoms with E-state index >= 15 is 0 Å². The molecular formula is C25H40BrN3O3Si. The van der Waals surface area contributed by atoms with Crippen LogP contribution in [0.1, 0.15) is 51.8 Å². The van der Waals surface area contributed by atoms with Gasteiger partial charge in [0.25, 0.3) is 0 Å². The van der Waals surface area contributed by atoms with Crippen molar-refractivity contribution in [3.8, 4) is 17.1 Å². The van der Waals surface area contributed by atoms with Gasteiger partial charge >= 0.3 is 0 Å². The number of halogens is 1. The average Bonchev–Trinajstić information content (AvgIpc) is 2.73. The zero-order chi connectivity index (χ0) is 25.0. The van der Waals surface area contributed by atoms with Crippen molar-refractivity contribution < 1.29 is 13.9 Å². The van der Waals surface area contributed by atoms with Crippen LogP contribution in [0.25, 0.3) is 11.3 Å². The van der Waals surface area contributed by atoms with Gasteiger partial charge < -0.3 is 19.2 Å². The van der Waals surface area contributed by atoms with E-state index in [0.29, 0.717) is 25.0 Å². The molecule has 0 aliphatic rings. The number of hydrogen-bond acceptors (Lipinski definition) is 6. The Bertz CT molecular complexity index is 945. The average molecular weight is 539 g/mol. The van der Waals surface area contributed by atoms with E-state index in [2.05, 4.69) is 80.0 Å². The summed E-state index contributed by atoms with van der Waals surface area (Å²) < 4.78 is 18.2. The van der Waals surface area contributed by atoms with Crippen molar-refractivity contribution in [1.29, 1.82) is 0 Å². The minimum Gasteiger partial charge on any atom is -0.480 e. The number of aryl methyl sites for hydroxylation is 1. The number of nitrogens with one attached hydrogen (secondary N) is 1. The van der Waals surface area contributed by atoms with Gasteiger partial charge in [0, 0.05) is 12.8 Å². The van der Waals surface area contributed by atoms with E-state index < -0.39 is 8.32 Å². The lowest BCUT2D eigenvalue weighted by Crippen LogP contribution is -2.44. The summed E-state index contributed by atoms with van der Waals surface area (Å²) >= 11 is 3.66. The molecule has 0 unspecified atom stereocenters. The van der Waals surface area contributed by atoms with Crippen molar-refractivity contribution in [2.75, 3.05) is 32.8 Å². The topological polar surface area (TPSA) is 65.5 Å². The van der Waals surface area contributed by atoms with Crippen LogP contribution in [-0.4, -0.2) is 51.8 Å². The molecule has 0 aromatic carbocycles. The Morgan fingerprint density at radius 1 is 1.09 bits per heavy atom. The maximum Gasteiger partial charge on any atom is 0.222 e. The summed E-state index contributed by atoms with van der Waals surface area (Å²) in [6.45, 7) is 18.7. The van der Waals surface area contributed by atoms with E-state index in [1.54, 1.807) is 14.2 Å². The Morgan fingerprint density at radius 3 is 2.30 bits per heavy atom. The van der Waals surface area contributed by atoms with Crippen LogP contribution in [0.5, 0.6) is 5.88 Å². The molecule has 1 N–H and O–H groups in total. The molecule has 2 aromatic heterocycles. The SMILES string of the molecule is COC[C@@H](CO[Si](C)(C)C(C)(C)C)Nc1cc(C)c(-c2ccc(C(C)C)nc2OC)nc1Br. The predicted octanol–water partition coefficient (Wildman–Crippen LogP) is 6.80. The first-order valence-electron chi connectivity index (χ1n) is 11.4. The molecule has 0 aliphatic heterocycles. The summed E-state index contributed by atoms with van der Waals surface area (Å²) in [5.74, 6) is 0.913. The fourth-order valence-electron chi connectivity index (χ4n) is 3.15. The third kappa shape index (κ3) is 7.01. The first-order valence-corrected chi connectivity index (χ1v) is 15.1. The fourth-order valence-corrected chi connectivity index (χ4v) is 4.61. The molecule has 2 heterocycles. The van der Waals surface area contributed by atoms with E-state index in [1.165, 1.54) is 0 Å². The summed E-state index contributed by atoms with van der Waals surface area (Å²) in [5, 5.41) is 3.72. The van der Waals surface area contributed by atoms with E-state index in [0.717, 1.165) is 32.8 Å². The Kier molecular flexibility index (Phi) is 9.50. The maximum absolute atomic E-state index is 6.44. The Hall–Kier alpha value is -1.48. The van der Waals surface area contributed by atoms with Crippen LogP contribution in [0, 0.1) is 6.92 Å². The molecule has 33 heavy (non-hydrogen) atoms. The number of aromatic nitrogens is 2. The zero-order valence-electron chi connectivity index (χ0n) is 21.8. The first kappa shape index (κ1) is 27.8. The maximum atomic E-state index is 6.44. The summed E-state index contributed by atoms with van der Waals surface area (Å²) in [4.78, 5) is 9.53. The van der Waals surface area contributed by atoms with Crippen LogP contribution in [-0.2, 0) is 9.16 Å². The molecule has 8 heteroatoms. The van der Waals surface area contributed by atoms with Gasteiger partial charge in [-0.05, 0) is 70.7 Å². The smallest absolute Gasteiger partial charge is 0.222 e. The van der Waals surface area contributed by atoms with E-state index in [1.807, 2.05) is 19.1 Å². The number of ether oxygens (including phenoxy) is 2. The van der Waals surface area contributed by atoms with Gasteiger partial charge in [0.1, 0.15) is 4.60 Å². The van der Waals surface area contributed by atoms with Gasteiger partial charge in [0.2, 0.25) is 5.88 Å². The molecule has 2 aromatic rings. The number of nitrogens with zero attached hydrogens (tertiary/aromatic N) is 2. The van der Waals surface area contributed by atoms with Crippen LogP contribution in [0.2, 0.25) is 18.1 Å². The molecule has 184 valence electrons. The molecule has 0 amide bonds. The molecule has 0 saturated carbocycles. The number of anilines is 1. The number of methoxy groups -OCH3 is 2. The number of hydrogen-bond donors (Lipinski definition) is 1. The monoisotopic (exact) mass is 537 g/mol. The van der Waals surface area contributed by atoms with Crippen LogP contribution in [0.3, 0.4) is 0 Å². The molecule has 0 saturated heterocycles. The van der Waals surface area contributed by atoms with Gasteiger partial charge in [-0.1, -0.05) is 34.6 Å². The second-order valence-electron chi connectivity index (χ2n) is 10.3. The molecular weight excluding hydrogens is 498 g/mol. The third-order valence-electron chi connectivity index (χ3n) is 6.27. The Morgan fingerprint density at radius 2 is 1.76 bits per heavy atom. The second kappa shape index (κ2) is 11.3. The Balaban J connectivity index is 2.30. The minimum absolute atomic E-state index is 0.00834.